The Kier molecular flexibility index (Phi) is 6.00. The molecule has 168 valence electrons. The van der Waals surface area contributed by atoms with Gasteiger partial charge in [-0.25, -0.2) is 4.98 Å². The van der Waals surface area contributed by atoms with Crippen molar-refractivity contribution in [1.82, 2.24) is 9.55 Å². The summed E-state index contributed by atoms with van der Waals surface area (Å²) in [5, 5.41) is 3.62. The number of anilines is 2. The number of hydrogen-bond donors (Lipinski definition) is 1. The Labute approximate surface area is 192 Å². The fraction of sp³-hybridized carbons (Fsp3) is 0.480. The van der Waals surface area contributed by atoms with Crippen molar-refractivity contribution in [3.63, 3.8) is 0 Å². The molecule has 2 aliphatic heterocycles. The van der Waals surface area contributed by atoms with E-state index in [9.17, 15) is 9.59 Å². The number of fused-ring (bicyclic) bond motifs is 2. The number of benzene rings is 1. The molecule has 5 rings (SSSR count). The first kappa shape index (κ1) is 21.2. The zero-order valence-corrected chi connectivity index (χ0v) is 19.5. The second-order valence-electron chi connectivity index (χ2n) is 8.93. The first-order valence-corrected chi connectivity index (χ1v) is 12.6. The molecule has 1 fully saturated rings. The number of carbonyl (C=O) groups is 1. The highest BCUT2D eigenvalue weighted by Crippen LogP contribution is 2.29. The van der Waals surface area contributed by atoms with Crippen molar-refractivity contribution in [2.75, 3.05) is 23.3 Å². The Hall–Kier alpha value is -2.67. The molecule has 32 heavy (non-hydrogen) atoms. The van der Waals surface area contributed by atoms with Gasteiger partial charge in [-0.15, -0.1) is 11.3 Å². The lowest BCUT2D eigenvalue weighted by molar-refractivity contribution is 0.103. The van der Waals surface area contributed by atoms with Crippen LogP contribution in [-0.4, -0.2) is 28.5 Å². The standard InChI is InChI=1S/C25H30N4O2S/c1-17-21-24(27-20-9-5-4-8-16-29(20)25(21)31)32-22(17)23(30)26-18-10-12-19(13-11-18)28-14-6-2-3-7-15-28/h10-13H,2-9,14-16H2,1H3,(H,26,30). The second-order valence-corrected chi connectivity index (χ2v) is 9.93. The molecule has 1 N–H and O–H groups in total. The van der Waals surface area contributed by atoms with Crippen LogP contribution in [-0.2, 0) is 13.0 Å². The Morgan fingerprint density at radius 1 is 0.969 bits per heavy atom. The Balaban J connectivity index is 1.38. The van der Waals surface area contributed by atoms with E-state index in [1.165, 1.54) is 42.7 Å². The van der Waals surface area contributed by atoms with Crippen LogP contribution in [0.2, 0.25) is 0 Å². The largest absolute Gasteiger partial charge is 0.372 e. The third-order valence-corrected chi connectivity index (χ3v) is 7.90. The molecule has 0 aliphatic carbocycles. The maximum Gasteiger partial charge on any atom is 0.266 e. The summed E-state index contributed by atoms with van der Waals surface area (Å²) in [6, 6.07) is 8.11. The van der Waals surface area contributed by atoms with Gasteiger partial charge < -0.3 is 10.2 Å². The third kappa shape index (κ3) is 4.06. The summed E-state index contributed by atoms with van der Waals surface area (Å²) < 4.78 is 1.82. The number of hydrogen-bond acceptors (Lipinski definition) is 5. The van der Waals surface area contributed by atoms with Gasteiger partial charge in [0, 0.05) is 37.4 Å². The lowest BCUT2D eigenvalue weighted by Crippen LogP contribution is -2.24. The number of amides is 1. The Morgan fingerprint density at radius 3 is 2.41 bits per heavy atom. The molecule has 0 unspecified atom stereocenters. The van der Waals surface area contributed by atoms with Crippen LogP contribution in [0.15, 0.2) is 29.1 Å². The SMILES string of the molecule is Cc1c(C(=O)Nc2ccc(N3CCCCCC3)cc2)sc2nc3n(c(=O)c12)CCCCC3. The van der Waals surface area contributed by atoms with Gasteiger partial charge in [0.1, 0.15) is 10.7 Å². The van der Waals surface area contributed by atoms with Crippen LogP contribution >= 0.6 is 11.3 Å². The fourth-order valence-electron chi connectivity index (χ4n) is 4.90. The predicted octanol–water partition coefficient (Wildman–Crippen LogP) is 5.13. The summed E-state index contributed by atoms with van der Waals surface area (Å²) in [6.45, 7) is 4.78. The van der Waals surface area contributed by atoms with E-state index in [0.717, 1.165) is 62.4 Å². The van der Waals surface area contributed by atoms with Gasteiger partial charge >= 0.3 is 0 Å². The molecule has 7 heteroatoms. The quantitative estimate of drug-likeness (QED) is 0.601. The highest BCUT2D eigenvalue weighted by Gasteiger charge is 2.22. The van der Waals surface area contributed by atoms with Gasteiger partial charge in [0.2, 0.25) is 0 Å². The first-order chi connectivity index (χ1) is 15.6. The average Bonchev–Trinajstić information content (AvgIpc) is 3.02. The molecule has 0 spiro atoms. The molecule has 2 aromatic heterocycles. The van der Waals surface area contributed by atoms with Crippen molar-refractivity contribution in [3.8, 4) is 0 Å². The molecule has 1 saturated heterocycles. The van der Waals surface area contributed by atoms with Gasteiger partial charge in [-0.2, -0.15) is 0 Å². The van der Waals surface area contributed by atoms with Crippen LogP contribution in [0.4, 0.5) is 11.4 Å². The number of thiophene rings is 1. The highest BCUT2D eigenvalue weighted by molar-refractivity contribution is 7.20. The van der Waals surface area contributed by atoms with E-state index < -0.39 is 0 Å². The molecule has 6 nitrogen and oxygen atoms in total. The second kappa shape index (κ2) is 9.06. The molecule has 1 aromatic carbocycles. The Morgan fingerprint density at radius 2 is 1.66 bits per heavy atom. The molecular weight excluding hydrogens is 420 g/mol. The maximum atomic E-state index is 13.1. The van der Waals surface area contributed by atoms with Gasteiger partial charge in [0.05, 0.1) is 10.3 Å². The number of aromatic nitrogens is 2. The molecule has 0 atom stereocenters. The molecular formula is C25H30N4O2S. The lowest BCUT2D eigenvalue weighted by Gasteiger charge is -2.22. The van der Waals surface area contributed by atoms with Gasteiger partial charge in [-0.3, -0.25) is 14.2 Å². The third-order valence-electron chi connectivity index (χ3n) is 6.71. The topological polar surface area (TPSA) is 67.2 Å². The number of nitrogens with one attached hydrogen (secondary N) is 1. The molecule has 1 amide bonds. The van der Waals surface area contributed by atoms with E-state index in [4.69, 9.17) is 4.98 Å². The summed E-state index contributed by atoms with van der Waals surface area (Å²) in [5.74, 6) is 0.685. The van der Waals surface area contributed by atoms with Gasteiger partial charge in [0.25, 0.3) is 11.5 Å². The zero-order chi connectivity index (χ0) is 22.1. The number of nitrogens with zero attached hydrogens (tertiary/aromatic N) is 3. The fourth-order valence-corrected chi connectivity index (χ4v) is 5.98. The predicted molar refractivity (Wildman–Crippen MR) is 131 cm³/mol. The van der Waals surface area contributed by atoms with Gasteiger partial charge in [0.15, 0.2) is 0 Å². The monoisotopic (exact) mass is 450 g/mol. The van der Waals surface area contributed by atoms with Gasteiger partial charge in [-0.1, -0.05) is 19.3 Å². The van der Waals surface area contributed by atoms with E-state index in [2.05, 4.69) is 22.3 Å². The van der Waals surface area contributed by atoms with E-state index in [-0.39, 0.29) is 11.5 Å². The summed E-state index contributed by atoms with van der Waals surface area (Å²) in [4.78, 5) is 34.7. The van der Waals surface area contributed by atoms with Crippen molar-refractivity contribution >= 4 is 38.8 Å². The molecule has 0 saturated carbocycles. The zero-order valence-electron chi connectivity index (χ0n) is 18.7. The number of aryl methyl sites for hydroxylation is 2. The molecule has 3 aromatic rings. The molecule has 0 bridgehead atoms. The summed E-state index contributed by atoms with van der Waals surface area (Å²) >= 11 is 1.33. The molecule has 0 radical (unpaired) electrons. The summed E-state index contributed by atoms with van der Waals surface area (Å²) in [6.07, 6.45) is 9.10. The summed E-state index contributed by atoms with van der Waals surface area (Å²) in [7, 11) is 0. The van der Waals surface area contributed by atoms with Gasteiger partial charge in [-0.05, 0) is 62.4 Å². The minimum atomic E-state index is -0.174. The van der Waals surface area contributed by atoms with E-state index in [1.807, 2.05) is 23.6 Å². The first-order valence-electron chi connectivity index (χ1n) is 11.8. The van der Waals surface area contributed by atoms with Crippen LogP contribution in [0, 0.1) is 6.92 Å². The minimum absolute atomic E-state index is 0.00139. The molecule has 2 aliphatic rings. The number of carbonyl (C=O) groups excluding carboxylic acids is 1. The average molecular weight is 451 g/mol. The van der Waals surface area contributed by atoms with Crippen molar-refractivity contribution in [3.05, 3.63) is 50.9 Å². The Bertz CT molecular complexity index is 1190. The van der Waals surface area contributed by atoms with Crippen LogP contribution in [0.25, 0.3) is 10.2 Å². The van der Waals surface area contributed by atoms with Crippen molar-refractivity contribution in [2.24, 2.45) is 0 Å². The maximum absolute atomic E-state index is 13.1. The van der Waals surface area contributed by atoms with E-state index in [0.29, 0.717) is 15.1 Å². The van der Waals surface area contributed by atoms with Crippen LogP contribution < -0.4 is 15.8 Å². The minimum Gasteiger partial charge on any atom is -0.372 e. The highest BCUT2D eigenvalue weighted by atomic mass is 32.1. The van der Waals surface area contributed by atoms with Crippen LogP contribution in [0.5, 0.6) is 0 Å². The van der Waals surface area contributed by atoms with E-state index in [1.54, 1.807) is 0 Å². The smallest absolute Gasteiger partial charge is 0.266 e. The normalized spacial score (nSPS) is 17.0. The van der Waals surface area contributed by atoms with Crippen molar-refractivity contribution in [2.45, 2.75) is 64.8 Å². The van der Waals surface area contributed by atoms with Crippen molar-refractivity contribution < 1.29 is 4.79 Å². The summed E-state index contributed by atoms with van der Waals surface area (Å²) in [5.41, 5.74) is 2.72. The van der Waals surface area contributed by atoms with Crippen molar-refractivity contribution in [1.29, 1.82) is 0 Å². The van der Waals surface area contributed by atoms with E-state index >= 15 is 0 Å². The molecule has 4 heterocycles. The number of rotatable bonds is 3. The van der Waals surface area contributed by atoms with Crippen LogP contribution in [0.1, 0.15) is 66.0 Å². The van der Waals surface area contributed by atoms with Crippen LogP contribution in [0.3, 0.4) is 0 Å². The lowest BCUT2D eigenvalue weighted by atomic mass is 10.2.